The molecule has 1 aromatic carbocycles. The Labute approximate surface area is 133 Å². The minimum absolute atomic E-state index is 0.250. The number of hydrogen-bond donors (Lipinski definition) is 1. The molecular weight excluding hydrogens is 300 g/mol. The van der Waals surface area contributed by atoms with E-state index in [4.69, 9.17) is 4.74 Å². The van der Waals surface area contributed by atoms with E-state index >= 15 is 0 Å². The fourth-order valence-electron chi connectivity index (χ4n) is 2.65. The molecule has 1 unspecified atom stereocenters. The molecule has 1 atom stereocenters. The summed E-state index contributed by atoms with van der Waals surface area (Å²) < 4.78 is 17.4. The molecule has 1 aliphatic heterocycles. The van der Waals surface area contributed by atoms with Crippen LogP contribution < -0.4 is 0 Å². The topological polar surface area (TPSA) is 69.6 Å². The van der Waals surface area contributed by atoms with E-state index in [2.05, 4.69) is 0 Å². The highest BCUT2D eigenvalue weighted by Crippen LogP contribution is 2.34. The molecule has 1 heterocycles. The average molecular weight is 320 g/mol. The minimum atomic E-state index is -0.946. The third-order valence-electron chi connectivity index (χ3n) is 4.12. The number of carbonyl (C=O) groups is 1. The van der Waals surface area contributed by atoms with Crippen molar-refractivity contribution in [3.63, 3.8) is 0 Å². The zero-order chi connectivity index (χ0) is 15.5. The van der Waals surface area contributed by atoms with Crippen molar-refractivity contribution in [3.8, 4) is 0 Å². The SMILES string of the molecule is O=C(O)C(=CC1CCOCC1)c1ccc([S+]([O-])C2CC2)cc1. The van der Waals surface area contributed by atoms with Crippen LogP contribution in [0.1, 0.15) is 31.2 Å². The van der Waals surface area contributed by atoms with Gasteiger partial charge in [0.1, 0.15) is 5.25 Å². The molecule has 0 spiro atoms. The van der Waals surface area contributed by atoms with Gasteiger partial charge in [-0.1, -0.05) is 6.08 Å². The third kappa shape index (κ3) is 3.72. The smallest absolute Gasteiger partial charge is 0.335 e. The molecule has 2 aliphatic rings. The number of hydrogen-bond acceptors (Lipinski definition) is 3. The van der Waals surface area contributed by atoms with Crippen molar-refractivity contribution in [1.82, 2.24) is 0 Å². The molecule has 4 nitrogen and oxygen atoms in total. The number of carboxylic acids is 1. The largest absolute Gasteiger partial charge is 0.611 e. The first-order valence-corrected chi connectivity index (χ1v) is 8.90. The summed E-state index contributed by atoms with van der Waals surface area (Å²) in [5.74, 6) is -0.664. The molecule has 1 N–H and O–H groups in total. The van der Waals surface area contributed by atoms with Crippen LogP contribution >= 0.6 is 0 Å². The molecule has 0 aromatic heterocycles. The maximum Gasteiger partial charge on any atom is 0.335 e. The summed E-state index contributed by atoms with van der Waals surface area (Å²) in [6.07, 6.45) is 5.62. The van der Waals surface area contributed by atoms with Gasteiger partial charge in [0.25, 0.3) is 0 Å². The Morgan fingerprint density at radius 3 is 2.36 bits per heavy atom. The van der Waals surface area contributed by atoms with E-state index in [9.17, 15) is 14.5 Å². The highest BCUT2D eigenvalue weighted by Gasteiger charge is 2.35. The van der Waals surface area contributed by atoms with Crippen LogP contribution in [0.5, 0.6) is 0 Å². The summed E-state index contributed by atoms with van der Waals surface area (Å²) in [4.78, 5) is 12.3. The van der Waals surface area contributed by atoms with Crippen molar-refractivity contribution in [2.75, 3.05) is 13.2 Å². The molecule has 1 aromatic rings. The molecule has 5 heteroatoms. The van der Waals surface area contributed by atoms with Gasteiger partial charge in [-0.2, -0.15) is 0 Å². The Morgan fingerprint density at radius 2 is 1.82 bits per heavy atom. The molecule has 1 saturated heterocycles. The van der Waals surface area contributed by atoms with Crippen LogP contribution in [0.15, 0.2) is 35.2 Å². The average Bonchev–Trinajstić information content (AvgIpc) is 3.38. The fourth-order valence-corrected chi connectivity index (χ4v) is 4.01. The van der Waals surface area contributed by atoms with E-state index in [1.807, 2.05) is 6.08 Å². The molecule has 0 radical (unpaired) electrons. The quantitative estimate of drug-likeness (QED) is 0.669. The van der Waals surface area contributed by atoms with Gasteiger partial charge in [-0.25, -0.2) is 4.79 Å². The van der Waals surface area contributed by atoms with Crippen LogP contribution in [-0.2, 0) is 20.7 Å². The summed E-state index contributed by atoms with van der Waals surface area (Å²) in [5, 5.41) is 9.77. The van der Waals surface area contributed by atoms with Gasteiger partial charge < -0.3 is 14.4 Å². The van der Waals surface area contributed by atoms with Gasteiger partial charge in [0.15, 0.2) is 4.90 Å². The first-order valence-electron chi connectivity index (χ1n) is 7.69. The van der Waals surface area contributed by atoms with Crippen molar-refractivity contribution in [2.45, 2.75) is 35.8 Å². The Kier molecular flexibility index (Phi) is 4.86. The number of rotatable bonds is 5. The lowest BCUT2D eigenvalue weighted by Gasteiger charge is -2.19. The molecule has 0 amide bonds. The number of allylic oxidation sites excluding steroid dienone is 1. The van der Waals surface area contributed by atoms with Gasteiger partial charge in [0.05, 0.1) is 5.57 Å². The summed E-state index contributed by atoms with van der Waals surface area (Å²) >= 11 is -0.946. The first-order chi connectivity index (χ1) is 10.6. The van der Waals surface area contributed by atoms with Crippen molar-refractivity contribution < 1.29 is 19.2 Å². The van der Waals surface area contributed by atoms with Crippen LogP contribution in [0, 0.1) is 5.92 Å². The molecule has 22 heavy (non-hydrogen) atoms. The van der Waals surface area contributed by atoms with Crippen molar-refractivity contribution in [1.29, 1.82) is 0 Å². The Hall–Kier alpha value is -1.30. The van der Waals surface area contributed by atoms with E-state index < -0.39 is 17.1 Å². The lowest BCUT2D eigenvalue weighted by Crippen LogP contribution is -2.15. The van der Waals surface area contributed by atoms with E-state index in [-0.39, 0.29) is 5.92 Å². The first kappa shape index (κ1) is 15.6. The second kappa shape index (κ2) is 6.86. The highest BCUT2D eigenvalue weighted by atomic mass is 32.2. The van der Waals surface area contributed by atoms with Gasteiger partial charge in [-0.3, -0.25) is 0 Å². The number of ether oxygens (including phenoxy) is 1. The van der Waals surface area contributed by atoms with E-state index in [1.54, 1.807) is 24.3 Å². The summed E-state index contributed by atoms with van der Waals surface area (Å²) in [6.45, 7) is 1.38. The van der Waals surface area contributed by atoms with Crippen LogP contribution in [-0.4, -0.2) is 34.1 Å². The van der Waals surface area contributed by atoms with Gasteiger partial charge in [-0.15, -0.1) is 0 Å². The lowest BCUT2D eigenvalue weighted by molar-refractivity contribution is -0.130. The maximum atomic E-state index is 12.1. The number of benzene rings is 1. The van der Waals surface area contributed by atoms with Crippen LogP contribution in [0.2, 0.25) is 0 Å². The maximum absolute atomic E-state index is 12.1. The lowest BCUT2D eigenvalue weighted by atomic mass is 9.94. The Balaban J connectivity index is 1.78. The summed E-state index contributed by atoms with van der Waals surface area (Å²) in [6, 6.07) is 7.14. The van der Waals surface area contributed by atoms with Crippen LogP contribution in [0.3, 0.4) is 0 Å². The summed E-state index contributed by atoms with van der Waals surface area (Å²) in [5.41, 5.74) is 1.01. The molecule has 1 saturated carbocycles. The molecule has 1 aliphatic carbocycles. The van der Waals surface area contributed by atoms with Gasteiger partial charge in [0, 0.05) is 26.1 Å². The monoisotopic (exact) mass is 320 g/mol. The predicted octanol–water partition coefficient (Wildman–Crippen LogP) is 2.85. The van der Waals surface area contributed by atoms with Crippen molar-refractivity contribution >= 4 is 22.7 Å². The van der Waals surface area contributed by atoms with Gasteiger partial charge in [0.2, 0.25) is 0 Å². The normalized spacial score (nSPS) is 21.6. The molecule has 2 fully saturated rings. The van der Waals surface area contributed by atoms with Gasteiger partial charge >= 0.3 is 5.97 Å². The zero-order valence-corrected chi connectivity index (χ0v) is 13.2. The molecule has 3 rings (SSSR count). The second-order valence-corrected chi connectivity index (χ2v) is 7.59. The van der Waals surface area contributed by atoms with E-state index in [0.29, 0.717) is 29.6 Å². The van der Waals surface area contributed by atoms with Crippen LogP contribution in [0.25, 0.3) is 5.57 Å². The molecule has 118 valence electrons. The predicted molar refractivity (Wildman–Crippen MR) is 85.0 cm³/mol. The molecule has 0 bridgehead atoms. The zero-order valence-electron chi connectivity index (χ0n) is 12.4. The Bertz CT molecular complexity index is 557. The summed E-state index contributed by atoms with van der Waals surface area (Å²) in [7, 11) is 0. The second-order valence-electron chi connectivity index (χ2n) is 5.86. The van der Waals surface area contributed by atoms with Crippen molar-refractivity contribution in [2.24, 2.45) is 5.92 Å². The standard InChI is InChI=1S/C17H20O4S/c18-17(19)16(11-12-7-9-21-10-8-12)13-1-3-14(4-2-13)22(20)15-5-6-15/h1-4,11-12,15H,5-10H2,(H,18,19). The van der Waals surface area contributed by atoms with Crippen molar-refractivity contribution in [3.05, 3.63) is 35.9 Å². The minimum Gasteiger partial charge on any atom is -0.611 e. The Morgan fingerprint density at radius 1 is 1.18 bits per heavy atom. The highest BCUT2D eigenvalue weighted by molar-refractivity contribution is 7.92. The van der Waals surface area contributed by atoms with Crippen LogP contribution in [0.4, 0.5) is 0 Å². The fraction of sp³-hybridized carbons (Fsp3) is 0.471. The molecular formula is C17H20O4S. The number of carboxylic acid groups (broad SMARTS) is 1. The van der Waals surface area contributed by atoms with E-state index in [1.165, 1.54) is 0 Å². The third-order valence-corrected chi connectivity index (χ3v) is 5.94. The van der Waals surface area contributed by atoms with E-state index in [0.717, 1.165) is 30.6 Å². The van der Waals surface area contributed by atoms with Gasteiger partial charge in [-0.05, 0) is 59.8 Å². The number of aliphatic carboxylic acids is 1.